The maximum Gasteiger partial charge on any atom is 0.247 e. The van der Waals surface area contributed by atoms with Crippen LogP contribution in [-0.2, 0) is 14.3 Å². The molecule has 1 aliphatic heterocycles. The number of aryl methyl sites for hydroxylation is 1. The van der Waals surface area contributed by atoms with Crippen molar-refractivity contribution in [1.29, 1.82) is 0 Å². The molecule has 1 aromatic heterocycles. The maximum absolute atomic E-state index is 13.2. The zero-order chi connectivity index (χ0) is 23.5. The van der Waals surface area contributed by atoms with Gasteiger partial charge in [0.2, 0.25) is 17.6 Å². The molecule has 0 aliphatic carbocycles. The molecule has 9 heteroatoms. The first kappa shape index (κ1) is 22.8. The molecule has 0 amide bonds. The van der Waals surface area contributed by atoms with E-state index in [9.17, 15) is 4.79 Å². The number of halogens is 1. The summed E-state index contributed by atoms with van der Waals surface area (Å²) in [4.78, 5) is 13.2. The Balaban J connectivity index is 1.49. The second kappa shape index (κ2) is 9.64. The monoisotopic (exact) mass is 470 g/mol. The van der Waals surface area contributed by atoms with Gasteiger partial charge in [-0.05, 0) is 35.9 Å². The second-order valence-electron chi connectivity index (χ2n) is 7.37. The Morgan fingerprint density at radius 3 is 2.27 bits per heavy atom. The SMILES string of the molecule is COc1cc(C2=CCC(C(=O)C(OC)c3ccc(-c4nnc(C)o4)cc3)O2)cc(OC)c1Cl. The van der Waals surface area contributed by atoms with Crippen LogP contribution in [0.5, 0.6) is 11.5 Å². The number of carbonyl (C=O) groups excluding carboxylic acids is 1. The minimum absolute atomic E-state index is 0.182. The summed E-state index contributed by atoms with van der Waals surface area (Å²) in [5, 5.41) is 8.21. The number of benzene rings is 2. The average Bonchev–Trinajstić information content (AvgIpc) is 3.50. The molecule has 1 aliphatic rings. The molecule has 0 N–H and O–H groups in total. The molecule has 2 atom stereocenters. The van der Waals surface area contributed by atoms with Gasteiger partial charge in [0, 0.05) is 31.6 Å². The third-order valence-corrected chi connectivity index (χ3v) is 5.69. The van der Waals surface area contributed by atoms with Crippen LogP contribution in [0.15, 0.2) is 46.9 Å². The van der Waals surface area contributed by atoms with Crippen molar-refractivity contribution in [3.63, 3.8) is 0 Å². The van der Waals surface area contributed by atoms with E-state index >= 15 is 0 Å². The molecule has 0 saturated carbocycles. The van der Waals surface area contributed by atoms with Crippen LogP contribution in [0, 0.1) is 6.92 Å². The molecule has 2 unspecified atom stereocenters. The number of ketones is 1. The molecule has 0 bridgehead atoms. The van der Waals surface area contributed by atoms with Gasteiger partial charge >= 0.3 is 0 Å². The lowest BCUT2D eigenvalue weighted by Crippen LogP contribution is -2.27. The summed E-state index contributed by atoms with van der Waals surface area (Å²) in [5.41, 5.74) is 2.17. The van der Waals surface area contributed by atoms with Crippen LogP contribution in [0.3, 0.4) is 0 Å². The van der Waals surface area contributed by atoms with E-state index in [4.69, 9.17) is 35.0 Å². The van der Waals surface area contributed by atoms with Crippen LogP contribution in [0.4, 0.5) is 0 Å². The highest BCUT2D eigenvalue weighted by Crippen LogP contribution is 2.39. The zero-order valence-corrected chi connectivity index (χ0v) is 19.4. The first-order valence-corrected chi connectivity index (χ1v) is 10.6. The Morgan fingerprint density at radius 2 is 1.73 bits per heavy atom. The summed E-state index contributed by atoms with van der Waals surface area (Å²) in [5.74, 6) is 2.18. The Kier molecular flexibility index (Phi) is 6.67. The van der Waals surface area contributed by atoms with Crippen molar-refractivity contribution in [2.75, 3.05) is 21.3 Å². The molecular weight excluding hydrogens is 448 g/mol. The first-order chi connectivity index (χ1) is 15.9. The van der Waals surface area contributed by atoms with Gasteiger partial charge in [-0.1, -0.05) is 23.7 Å². The number of ether oxygens (including phenoxy) is 4. The summed E-state index contributed by atoms with van der Waals surface area (Å²) in [6.45, 7) is 1.73. The van der Waals surface area contributed by atoms with Gasteiger partial charge in [0.1, 0.15) is 28.4 Å². The third kappa shape index (κ3) is 4.58. The maximum atomic E-state index is 13.2. The highest BCUT2D eigenvalue weighted by molar-refractivity contribution is 6.33. The van der Waals surface area contributed by atoms with Gasteiger partial charge in [0.05, 0.1) is 14.2 Å². The molecule has 2 heterocycles. The van der Waals surface area contributed by atoms with Crippen molar-refractivity contribution >= 4 is 23.1 Å². The quantitative estimate of drug-likeness (QED) is 0.463. The lowest BCUT2D eigenvalue weighted by molar-refractivity contribution is -0.136. The van der Waals surface area contributed by atoms with Gasteiger partial charge < -0.3 is 23.4 Å². The van der Waals surface area contributed by atoms with E-state index in [0.717, 1.165) is 5.56 Å². The summed E-state index contributed by atoms with van der Waals surface area (Å²) in [7, 11) is 4.54. The normalized spacial score (nSPS) is 16.2. The van der Waals surface area contributed by atoms with E-state index in [1.54, 1.807) is 31.2 Å². The van der Waals surface area contributed by atoms with Gasteiger partial charge in [-0.25, -0.2) is 0 Å². The molecule has 2 aromatic carbocycles. The fraction of sp³-hybridized carbons (Fsp3) is 0.292. The number of hydrogen-bond donors (Lipinski definition) is 0. The minimum Gasteiger partial charge on any atom is -0.495 e. The van der Waals surface area contributed by atoms with Gasteiger partial charge in [0.25, 0.3) is 0 Å². The van der Waals surface area contributed by atoms with Crippen LogP contribution in [-0.4, -0.2) is 43.4 Å². The van der Waals surface area contributed by atoms with Crippen molar-refractivity contribution in [2.24, 2.45) is 0 Å². The molecule has 0 fully saturated rings. The lowest BCUT2D eigenvalue weighted by Gasteiger charge is -2.20. The topological polar surface area (TPSA) is 92.9 Å². The summed E-state index contributed by atoms with van der Waals surface area (Å²) < 4.78 is 27.6. The van der Waals surface area contributed by atoms with Crippen LogP contribution < -0.4 is 9.47 Å². The van der Waals surface area contributed by atoms with Crippen LogP contribution >= 0.6 is 11.6 Å². The van der Waals surface area contributed by atoms with E-state index in [0.29, 0.717) is 51.6 Å². The van der Waals surface area contributed by atoms with Gasteiger partial charge in [-0.2, -0.15) is 0 Å². The minimum atomic E-state index is -0.782. The number of Topliss-reactive ketones (excluding diaryl/α,β-unsaturated/α-hetero) is 1. The third-order valence-electron chi connectivity index (χ3n) is 5.31. The van der Waals surface area contributed by atoms with Crippen molar-refractivity contribution < 1.29 is 28.2 Å². The van der Waals surface area contributed by atoms with Crippen LogP contribution in [0.25, 0.3) is 17.2 Å². The Hall–Kier alpha value is -3.36. The fourth-order valence-corrected chi connectivity index (χ4v) is 3.90. The molecule has 0 spiro atoms. The van der Waals surface area contributed by atoms with Crippen LogP contribution in [0.2, 0.25) is 5.02 Å². The number of hydrogen-bond acceptors (Lipinski definition) is 8. The predicted molar refractivity (Wildman–Crippen MR) is 121 cm³/mol. The molecule has 3 aromatic rings. The average molecular weight is 471 g/mol. The number of nitrogens with zero attached hydrogens (tertiary/aromatic N) is 2. The second-order valence-corrected chi connectivity index (χ2v) is 7.75. The Morgan fingerprint density at radius 1 is 1.06 bits per heavy atom. The Bertz CT molecular complexity index is 1160. The van der Waals surface area contributed by atoms with Crippen molar-refractivity contribution in [3.05, 3.63) is 64.5 Å². The molecule has 0 saturated heterocycles. The smallest absolute Gasteiger partial charge is 0.247 e. The molecular formula is C24H23ClN2O6. The lowest BCUT2D eigenvalue weighted by atomic mass is 9.99. The standard InChI is InChI=1S/C24H23ClN2O6/c1-13-26-27-24(32-13)15-7-5-14(6-8-15)23(31-4)22(28)18-10-9-17(33-18)16-11-19(29-2)21(25)20(12-16)30-3/h5-9,11-12,18,23H,10H2,1-4H3. The molecule has 33 heavy (non-hydrogen) atoms. The molecule has 0 radical (unpaired) electrons. The summed E-state index contributed by atoms with van der Waals surface area (Å²) >= 11 is 6.25. The zero-order valence-electron chi connectivity index (χ0n) is 18.6. The van der Waals surface area contributed by atoms with Crippen LogP contribution in [0.1, 0.15) is 29.5 Å². The van der Waals surface area contributed by atoms with Crippen molar-refractivity contribution in [1.82, 2.24) is 10.2 Å². The number of aromatic nitrogens is 2. The van der Waals surface area contributed by atoms with E-state index in [1.165, 1.54) is 21.3 Å². The fourth-order valence-electron chi connectivity index (χ4n) is 3.63. The largest absolute Gasteiger partial charge is 0.495 e. The molecule has 4 rings (SSSR count). The van der Waals surface area contributed by atoms with E-state index in [-0.39, 0.29) is 5.78 Å². The summed E-state index contributed by atoms with van der Waals surface area (Å²) in [6, 6.07) is 10.7. The van der Waals surface area contributed by atoms with E-state index < -0.39 is 12.2 Å². The highest BCUT2D eigenvalue weighted by atomic mass is 35.5. The van der Waals surface area contributed by atoms with Crippen molar-refractivity contribution in [2.45, 2.75) is 25.6 Å². The van der Waals surface area contributed by atoms with E-state index in [2.05, 4.69) is 10.2 Å². The molecule has 172 valence electrons. The summed E-state index contributed by atoms with van der Waals surface area (Å²) in [6.07, 6.45) is 0.811. The molecule has 8 nitrogen and oxygen atoms in total. The van der Waals surface area contributed by atoms with E-state index in [1.807, 2.05) is 18.2 Å². The van der Waals surface area contributed by atoms with Crippen molar-refractivity contribution in [3.8, 4) is 23.0 Å². The first-order valence-electron chi connectivity index (χ1n) is 10.2. The number of rotatable bonds is 8. The van der Waals surface area contributed by atoms with Gasteiger partial charge in [-0.15, -0.1) is 10.2 Å². The predicted octanol–water partition coefficient (Wildman–Crippen LogP) is 4.80. The number of carbonyl (C=O) groups is 1. The number of methoxy groups -OCH3 is 3. The van der Waals surface area contributed by atoms with Gasteiger partial charge in [-0.3, -0.25) is 4.79 Å². The van der Waals surface area contributed by atoms with Gasteiger partial charge in [0.15, 0.2) is 6.10 Å². The Labute approximate surface area is 196 Å². The highest BCUT2D eigenvalue weighted by Gasteiger charge is 2.33.